The van der Waals surface area contributed by atoms with Crippen LogP contribution in [0.5, 0.6) is 0 Å². The number of ether oxygens (including phenoxy) is 1. The molecule has 0 spiro atoms. The summed E-state index contributed by atoms with van der Waals surface area (Å²) in [6, 6.07) is 5.78. The number of aromatic nitrogens is 2. The number of thiazole rings is 1. The maximum Gasteiger partial charge on any atom is 0.315 e. The molecule has 13 heteroatoms. The zero-order valence-corrected chi connectivity index (χ0v) is 23.2. The Labute approximate surface area is 233 Å². The standard InChI is InChI=1S/C26H29ClN6O5S/c1-3-38-23(35)10-22(34)33-11-19(29-24(36)18-9-14-8-15(27)4-5-16(14)28-18)20(12-33)30-25(37)26-31-17-6-7-32(2)13-21(17)39-26/h4-5,8-9,19-20,28H,3,6-7,10-13H2,1-2H3,(H,29,36)(H,30,37)/t19-,20-/m1/s1. The first kappa shape index (κ1) is 27.1. The summed E-state index contributed by atoms with van der Waals surface area (Å²) in [6.07, 6.45) is 0.369. The number of aromatic amines is 1. The Morgan fingerprint density at radius 3 is 2.64 bits per heavy atom. The van der Waals surface area contributed by atoms with E-state index in [-0.39, 0.29) is 31.5 Å². The van der Waals surface area contributed by atoms with Crippen LogP contribution >= 0.6 is 22.9 Å². The van der Waals surface area contributed by atoms with Crippen LogP contribution in [0.2, 0.25) is 5.02 Å². The molecule has 1 fully saturated rings. The molecule has 0 bridgehead atoms. The number of carbonyl (C=O) groups excluding carboxylic acids is 4. The third kappa shape index (κ3) is 6.07. The van der Waals surface area contributed by atoms with Gasteiger partial charge in [0.1, 0.15) is 12.1 Å². The molecule has 0 aliphatic carbocycles. The summed E-state index contributed by atoms with van der Waals surface area (Å²) in [4.78, 5) is 63.4. The average Bonchev–Trinajstić information content (AvgIpc) is 3.60. The fourth-order valence-electron chi connectivity index (χ4n) is 4.87. The molecule has 0 saturated carbocycles. The predicted molar refractivity (Wildman–Crippen MR) is 146 cm³/mol. The number of H-pyrrole nitrogens is 1. The van der Waals surface area contributed by atoms with Crippen molar-refractivity contribution < 1.29 is 23.9 Å². The zero-order chi connectivity index (χ0) is 27.7. The summed E-state index contributed by atoms with van der Waals surface area (Å²) < 4.78 is 4.91. The number of nitrogens with zero attached hydrogens (tertiary/aromatic N) is 3. The van der Waals surface area contributed by atoms with Gasteiger partial charge in [0.2, 0.25) is 5.91 Å². The van der Waals surface area contributed by atoms with Crippen molar-refractivity contribution in [3.8, 4) is 0 Å². The van der Waals surface area contributed by atoms with Crippen LogP contribution in [0.4, 0.5) is 0 Å². The lowest BCUT2D eigenvalue weighted by atomic mass is 10.1. The van der Waals surface area contributed by atoms with Crippen molar-refractivity contribution in [3.05, 3.63) is 50.6 Å². The molecule has 39 heavy (non-hydrogen) atoms. The first-order chi connectivity index (χ1) is 18.7. The second kappa shape index (κ2) is 11.3. The predicted octanol–water partition coefficient (Wildman–Crippen LogP) is 1.96. The molecule has 2 aliphatic rings. The molecule has 206 valence electrons. The SMILES string of the molecule is CCOC(=O)CC(=O)N1C[C@@H](NC(=O)c2cc3cc(Cl)ccc3[nH]2)[C@H](NC(=O)c2nc3c(s2)CN(C)CC3)C1. The van der Waals surface area contributed by atoms with Crippen LogP contribution in [0.3, 0.4) is 0 Å². The molecule has 2 atom stereocenters. The smallest absolute Gasteiger partial charge is 0.315 e. The highest BCUT2D eigenvalue weighted by Crippen LogP contribution is 2.25. The number of hydrogen-bond donors (Lipinski definition) is 3. The molecule has 5 rings (SSSR count). The van der Waals surface area contributed by atoms with Crippen LogP contribution < -0.4 is 10.6 Å². The summed E-state index contributed by atoms with van der Waals surface area (Å²) in [6.45, 7) is 3.72. The minimum absolute atomic E-state index is 0.125. The van der Waals surface area contributed by atoms with E-state index in [0.717, 1.165) is 41.0 Å². The van der Waals surface area contributed by atoms with Crippen LogP contribution in [-0.2, 0) is 27.3 Å². The zero-order valence-electron chi connectivity index (χ0n) is 21.6. The molecular formula is C26H29ClN6O5S. The molecule has 3 amide bonds. The van der Waals surface area contributed by atoms with Crippen molar-refractivity contribution in [3.63, 3.8) is 0 Å². The lowest BCUT2D eigenvalue weighted by Crippen LogP contribution is -2.51. The van der Waals surface area contributed by atoms with Gasteiger partial charge in [-0.3, -0.25) is 19.2 Å². The van der Waals surface area contributed by atoms with E-state index in [9.17, 15) is 19.2 Å². The van der Waals surface area contributed by atoms with Gasteiger partial charge in [-0.25, -0.2) is 4.98 Å². The summed E-state index contributed by atoms with van der Waals surface area (Å²) in [5.41, 5.74) is 2.01. The number of hydrogen-bond acceptors (Lipinski definition) is 8. The van der Waals surface area contributed by atoms with Gasteiger partial charge in [0.05, 0.1) is 24.4 Å². The monoisotopic (exact) mass is 572 g/mol. The Morgan fingerprint density at radius 1 is 1.15 bits per heavy atom. The van der Waals surface area contributed by atoms with Crippen LogP contribution in [0.25, 0.3) is 10.9 Å². The number of likely N-dealkylation sites (tertiary alicyclic amines) is 1. The van der Waals surface area contributed by atoms with Crippen LogP contribution in [0.15, 0.2) is 24.3 Å². The van der Waals surface area contributed by atoms with Crippen LogP contribution in [0, 0.1) is 0 Å². The van der Waals surface area contributed by atoms with Gasteiger partial charge in [0, 0.05) is 53.4 Å². The highest BCUT2D eigenvalue weighted by atomic mass is 35.5. The molecule has 0 unspecified atom stereocenters. The fourth-order valence-corrected chi connectivity index (χ4v) is 6.14. The second-order valence-electron chi connectivity index (χ2n) is 9.73. The number of benzene rings is 1. The molecule has 4 heterocycles. The largest absolute Gasteiger partial charge is 0.466 e. The molecule has 1 aromatic carbocycles. The van der Waals surface area contributed by atoms with Crippen molar-refractivity contribution in [2.75, 3.05) is 33.3 Å². The first-order valence-electron chi connectivity index (χ1n) is 12.7. The Morgan fingerprint density at radius 2 is 1.90 bits per heavy atom. The van der Waals surface area contributed by atoms with Crippen molar-refractivity contribution in [2.24, 2.45) is 0 Å². The Kier molecular flexibility index (Phi) is 7.87. The van der Waals surface area contributed by atoms with E-state index >= 15 is 0 Å². The Balaban J connectivity index is 1.32. The lowest BCUT2D eigenvalue weighted by Gasteiger charge is -2.20. The second-order valence-corrected chi connectivity index (χ2v) is 11.3. The summed E-state index contributed by atoms with van der Waals surface area (Å²) >= 11 is 7.43. The fraction of sp³-hybridized carbons (Fsp3) is 0.423. The van der Waals surface area contributed by atoms with Gasteiger partial charge in [-0.15, -0.1) is 11.3 Å². The number of fused-ring (bicyclic) bond motifs is 2. The maximum atomic E-state index is 13.2. The highest BCUT2D eigenvalue weighted by Gasteiger charge is 2.38. The van der Waals surface area contributed by atoms with E-state index in [1.165, 1.54) is 16.2 Å². The molecule has 3 aromatic rings. The van der Waals surface area contributed by atoms with Gasteiger partial charge < -0.3 is 30.2 Å². The van der Waals surface area contributed by atoms with Crippen molar-refractivity contribution in [1.29, 1.82) is 0 Å². The Hall–Kier alpha value is -3.48. The summed E-state index contributed by atoms with van der Waals surface area (Å²) in [5.74, 6) is -1.80. The van der Waals surface area contributed by atoms with E-state index in [0.29, 0.717) is 15.7 Å². The number of halogens is 1. The normalized spacial score (nSPS) is 19.1. The highest BCUT2D eigenvalue weighted by molar-refractivity contribution is 7.13. The molecule has 1 saturated heterocycles. The summed E-state index contributed by atoms with van der Waals surface area (Å²) in [7, 11) is 2.03. The number of likely N-dealkylation sites (N-methyl/N-ethyl adjacent to an activating group) is 1. The van der Waals surface area contributed by atoms with Gasteiger partial charge in [0.15, 0.2) is 5.01 Å². The van der Waals surface area contributed by atoms with Crippen molar-refractivity contribution in [2.45, 2.75) is 38.4 Å². The molecule has 3 N–H and O–H groups in total. The van der Waals surface area contributed by atoms with Gasteiger partial charge in [-0.2, -0.15) is 0 Å². The lowest BCUT2D eigenvalue weighted by molar-refractivity contribution is -0.148. The number of esters is 1. The van der Waals surface area contributed by atoms with Gasteiger partial charge in [0.25, 0.3) is 11.8 Å². The minimum atomic E-state index is -0.620. The van der Waals surface area contributed by atoms with Gasteiger partial charge >= 0.3 is 5.97 Å². The number of amides is 3. The van der Waals surface area contributed by atoms with Crippen molar-refractivity contribution in [1.82, 2.24) is 30.4 Å². The van der Waals surface area contributed by atoms with E-state index in [4.69, 9.17) is 16.3 Å². The molecule has 0 radical (unpaired) electrons. The molecule has 2 aliphatic heterocycles. The van der Waals surface area contributed by atoms with Crippen LogP contribution in [0.1, 0.15) is 44.2 Å². The maximum absolute atomic E-state index is 13.2. The number of rotatable bonds is 7. The minimum Gasteiger partial charge on any atom is -0.466 e. The van der Waals surface area contributed by atoms with Gasteiger partial charge in [-0.05, 0) is 38.2 Å². The Bertz CT molecular complexity index is 1440. The topological polar surface area (TPSA) is 137 Å². The number of nitrogens with one attached hydrogen (secondary N) is 3. The number of carbonyl (C=O) groups is 4. The quantitative estimate of drug-likeness (QED) is 0.291. The van der Waals surface area contributed by atoms with Crippen LogP contribution in [-0.4, -0.2) is 88.8 Å². The van der Waals surface area contributed by atoms with E-state index in [1.54, 1.807) is 31.2 Å². The van der Waals surface area contributed by atoms with E-state index < -0.39 is 30.4 Å². The first-order valence-corrected chi connectivity index (χ1v) is 13.9. The molecular weight excluding hydrogens is 544 g/mol. The van der Waals surface area contributed by atoms with E-state index in [1.807, 2.05) is 7.05 Å². The summed E-state index contributed by atoms with van der Waals surface area (Å²) in [5, 5.41) is 7.60. The molecule has 11 nitrogen and oxygen atoms in total. The average molecular weight is 573 g/mol. The third-order valence-electron chi connectivity index (χ3n) is 6.85. The van der Waals surface area contributed by atoms with Gasteiger partial charge in [-0.1, -0.05) is 11.6 Å². The molecule has 2 aromatic heterocycles. The van der Waals surface area contributed by atoms with E-state index in [2.05, 4.69) is 25.5 Å². The third-order valence-corrected chi connectivity index (χ3v) is 8.17. The van der Waals surface area contributed by atoms with Crippen molar-refractivity contribution >= 4 is 57.5 Å².